The maximum Gasteiger partial charge on any atom is 0.397 e. The van der Waals surface area contributed by atoms with E-state index in [0.29, 0.717) is 11.6 Å². The average Bonchev–Trinajstić information content (AvgIpc) is 3.13. The Bertz CT molecular complexity index is 3310. The molecule has 1 radical (unpaired) electrons. The van der Waals surface area contributed by atoms with E-state index in [0.717, 1.165) is 30.3 Å². The van der Waals surface area contributed by atoms with Gasteiger partial charge in [-0.25, -0.2) is 12.6 Å². The Balaban J connectivity index is 0.00000898. The number of anilines is 3. The van der Waals surface area contributed by atoms with Crippen LogP contribution < -0.4 is 10.6 Å². The largest absolute Gasteiger partial charge is 0.506 e. The summed E-state index contributed by atoms with van der Waals surface area (Å²) < 4.78 is 163. The number of halogens is 2. The van der Waals surface area contributed by atoms with Gasteiger partial charge in [0, 0.05) is 39.4 Å². The molecule has 4 aromatic carbocycles. The van der Waals surface area contributed by atoms with Crippen LogP contribution in [0.4, 0.5) is 40.3 Å². The Labute approximate surface area is 382 Å². The van der Waals surface area contributed by atoms with Gasteiger partial charge < -0.3 is 20.8 Å². The third-order valence-electron chi connectivity index (χ3n) is 7.92. The minimum Gasteiger partial charge on any atom is -0.506 e. The molecule has 5 aromatic rings. The molecule has 8 N–H and O–H groups in total. The minimum absolute atomic E-state index is 0. The Morgan fingerprint density at radius 2 is 1.31 bits per heavy atom. The third kappa shape index (κ3) is 13.4. The second-order valence-electron chi connectivity index (χ2n) is 12.4. The molecule has 0 aliphatic carbocycles. The SMILES string of the molecule is Cc1cc(N=Nc2c(S(=O)(=O)O)cc3c(S(=O)(=O)O)c(Nc4nc(Cl)nc(NCCS(=O)(=O)CCOS(=O)(=O)O)n4)ccc3c2O)c(N=Nc2cc(S(=O)(=O)O)ccc2O)cc1Cl.[Cu]. The maximum atomic E-state index is 12.9. The smallest absolute Gasteiger partial charge is 0.397 e. The number of phenols is 2. The van der Waals surface area contributed by atoms with E-state index < -0.39 is 140 Å². The van der Waals surface area contributed by atoms with Crippen LogP contribution >= 0.6 is 23.2 Å². The van der Waals surface area contributed by atoms with Crippen molar-refractivity contribution in [3.63, 3.8) is 0 Å². The van der Waals surface area contributed by atoms with E-state index in [9.17, 15) is 66.0 Å². The maximum absolute atomic E-state index is 12.9. The summed E-state index contributed by atoms with van der Waals surface area (Å²) >= 11 is 12.2. The van der Waals surface area contributed by atoms with Crippen molar-refractivity contribution in [2.45, 2.75) is 21.6 Å². The number of phenolic OH excluding ortho intramolecular Hbond substituents is 2. The third-order valence-corrected chi connectivity index (χ3v) is 13.2. The zero-order valence-corrected chi connectivity index (χ0v) is 37.9. The number of hydrogen-bond acceptors (Lipinski definition) is 22. The molecule has 0 bridgehead atoms. The standard InChI is InChI=1S/C30H27Cl2N9O17S5.Cu/c1-14-10-20(21(13-18(14)31)38-40-22-11-15(60(46,47)48)2-5-23(22)42)39-41-25-24(61(49,50)51)12-17-16(26(25)43)3-4-19(27(17)62(52,53)54)34-30-36-28(32)35-29(37-30)33-6-8-59(44,45)9-7-58-63(55,56)57;/h2-5,10-13,42-43H,6-9H2,1H3,(H,46,47,48)(H,49,50,51)(H,52,53,54)(H,55,56,57)(H2,33,34,35,36,37);. The van der Waals surface area contributed by atoms with Crippen LogP contribution in [-0.4, -0.2) is 110 Å². The summed E-state index contributed by atoms with van der Waals surface area (Å²) in [4.78, 5) is 8.48. The zero-order valence-electron chi connectivity index (χ0n) is 31.4. The molecule has 64 heavy (non-hydrogen) atoms. The normalized spacial score (nSPS) is 12.8. The number of nitrogens with one attached hydrogen (secondary N) is 2. The van der Waals surface area contributed by atoms with E-state index in [1.165, 1.54) is 19.1 Å². The van der Waals surface area contributed by atoms with Crippen LogP contribution in [0.15, 0.2) is 83.7 Å². The molecule has 26 nitrogen and oxygen atoms in total. The first kappa shape index (κ1) is 51.8. The summed E-state index contributed by atoms with van der Waals surface area (Å²) in [5, 5.41) is 40.1. The van der Waals surface area contributed by atoms with E-state index in [4.69, 9.17) is 27.8 Å². The van der Waals surface area contributed by atoms with Gasteiger partial charge in [0.2, 0.25) is 17.2 Å². The number of fused-ring (bicyclic) bond motifs is 1. The Hall–Kier alpha value is -4.80. The summed E-state index contributed by atoms with van der Waals surface area (Å²) in [5.74, 6) is -4.04. The summed E-state index contributed by atoms with van der Waals surface area (Å²) in [7, 11) is -24.4. The first-order valence-electron chi connectivity index (χ1n) is 16.5. The number of aromatic nitrogens is 3. The van der Waals surface area contributed by atoms with Gasteiger partial charge in [0.05, 0.1) is 28.7 Å². The van der Waals surface area contributed by atoms with E-state index in [2.05, 4.69) is 50.2 Å². The van der Waals surface area contributed by atoms with Crippen molar-refractivity contribution in [3.8, 4) is 11.5 Å². The van der Waals surface area contributed by atoms with Crippen LogP contribution in [0.25, 0.3) is 10.8 Å². The molecule has 5 rings (SSSR count). The monoisotopic (exact) mass is 1080 g/mol. The Morgan fingerprint density at radius 3 is 1.94 bits per heavy atom. The number of aryl methyl sites for hydroxylation is 1. The fourth-order valence-corrected chi connectivity index (χ4v) is 8.79. The second-order valence-corrected chi connectivity index (χ2v) is 20.7. The van der Waals surface area contributed by atoms with Crippen molar-refractivity contribution in [1.82, 2.24) is 15.0 Å². The van der Waals surface area contributed by atoms with Crippen LogP contribution in [0.5, 0.6) is 11.5 Å². The van der Waals surface area contributed by atoms with Gasteiger partial charge in [0.15, 0.2) is 15.6 Å². The number of azo groups is 2. The van der Waals surface area contributed by atoms with Gasteiger partial charge in [0.1, 0.15) is 38.3 Å². The van der Waals surface area contributed by atoms with E-state index in [1.807, 2.05) is 0 Å². The van der Waals surface area contributed by atoms with Crippen LogP contribution in [0.3, 0.4) is 0 Å². The van der Waals surface area contributed by atoms with Crippen LogP contribution in [0.2, 0.25) is 10.3 Å². The Kier molecular flexibility index (Phi) is 16.0. The van der Waals surface area contributed by atoms with Crippen molar-refractivity contribution in [2.24, 2.45) is 20.5 Å². The number of nitrogens with zero attached hydrogens (tertiary/aromatic N) is 7. The van der Waals surface area contributed by atoms with Crippen molar-refractivity contribution in [1.29, 1.82) is 0 Å². The number of benzene rings is 4. The van der Waals surface area contributed by atoms with Gasteiger partial charge in [-0.3, -0.25) is 18.2 Å². The predicted molar refractivity (Wildman–Crippen MR) is 220 cm³/mol. The van der Waals surface area contributed by atoms with Crippen molar-refractivity contribution < 1.29 is 91.8 Å². The van der Waals surface area contributed by atoms with Crippen LogP contribution in [-0.2, 0) is 71.8 Å². The molecule has 0 aliphatic rings. The van der Waals surface area contributed by atoms with E-state index in [1.54, 1.807) is 0 Å². The molecule has 0 unspecified atom stereocenters. The molecular formula is C30H27Cl2CuN9O17S5. The van der Waals surface area contributed by atoms with Crippen molar-refractivity contribution in [3.05, 3.63) is 64.4 Å². The number of hydrogen-bond donors (Lipinski definition) is 8. The number of aromatic hydroxyl groups is 2. The molecule has 0 aliphatic heterocycles. The van der Waals surface area contributed by atoms with Crippen molar-refractivity contribution in [2.75, 3.05) is 35.3 Å². The summed E-state index contributed by atoms with van der Waals surface area (Å²) in [6.45, 7) is 0.231. The summed E-state index contributed by atoms with van der Waals surface area (Å²) in [6.07, 6.45) is 0. The molecule has 1 heterocycles. The second kappa shape index (κ2) is 19.7. The fourth-order valence-electron chi connectivity index (χ4n) is 5.13. The summed E-state index contributed by atoms with van der Waals surface area (Å²) in [5.41, 5.74) is -2.13. The van der Waals surface area contributed by atoms with Crippen LogP contribution in [0.1, 0.15) is 5.56 Å². The molecule has 34 heteroatoms. The molecule has 1 aromatic heterocycles. The zero-order chi connectivity index (χ0) is 46.9. The van der Waals surface area contributed by atoms with Crippen LogP contribution in [0, 0.1) is 6.92 Å². The number of sulfone groups is 1. The first-order valence-corrected chi connectivity index (χ1v) is 24.8. The van der Waals surface area contributed by atoms with E-state index in [-0.39, 0.29) is 39.4 Å². The number of rotatable bonds is 17. The Morgan fingerprint density at radius 1 is 0.688 bits per heavy atom. The molecule has 0 atom stereocenters. The van der Waals surface area contributed by atoms with Gasteiger partial charge in [-0.2, -0.15) is 48.6 Å². The molecule has 0 saturated carbocycles. The molecule has 349 valence electrons. The van der Waals surface area contributed by atoms with Gasteiger partial charge in [-0.15, -0.1) is 20.5 Å². The fraction of sp³-hybridized carbons (Fsp3) is 0.167. The minimum atomic E-state index is -5.44. The van der Waals surface area contributed by atoms with Gasteiger partial charge in [-0.1, -0.05) is 11.6 Å². The molecule has 0 spiro atoms. The molecule has 0 amide bonds. The topological polar surface area (TPSA) is 413 Å². The molecular weight excluding hydrogens is 1050 g/mol. The van der Waals surface area contributed by atoms with Gasteiger partial charge >= 0.3 is 10.4 Å². The molecule has 0 fully saturated rings. The predicted octanol–water partition coefficient (Wildman–Crippen LogP) is 5.01. The quantitative estimate of drug-likeness (QED) is 0.0344. The summed E-state index contributed by atoms with van der Waals surface area (Å²) in [6, 6.07) is 7.53. The van der Waals surface area contributed by atoms with E-state index >= 15 is 0 Å². The van der Waals surface area contributed by atoms with Gasteiger partial charge in [-0.05, 0) is 72.6 Å². The molecule has 0 saturated heterocycles. The average molecular weight is 1080 g/mol. The first-order chi connectivity index (χ1) is 29.0. The van der Waals surface area contributed by atoms with Crippen molar-refractivity contribution >= 4 is 125 Å². The van der Waals surface area contributed by atoms with Gasteiger partial charge in [0.25, 0.3) is 30.4 Å².